The van der Waals surface area contributed by atoms with Gasteiger partial charge in [-0.3, -0.25) is 9.69 Å². The average Bonchev–Trinajstić information content (AvgIpc) is 3.54. The van der Waals surface area contributed by atoms with Crippen LogP contribution in [-0.4, -0.2) is 34.9 Å². The third-order valence-electron chi connectivity index (χ3n) is 5.99. The molecule has 1 fully saturated rings. The van der Waals surface area contributed by atoms with Crippen LogP contribution in [0.15, 0.2) is 54.9 Å². The first kappa shape index (κ1) is 18.7. The lowest BCUT2D eigenvalue weighted by atomic mass is 9.91. The van der Waals surface area contributed by atoms with Crippen molar-refractivity contribution in [3.05, 3.63) is 66.0 Å². The predicted molar refractivity (Wildman–Crippen MR) is 112 cm³/mol. The second-order valence-corrected chi connectivity index (χ2v) is 7.77. The van der Waals surface area contributed by atoms with Crippen LogP contribution in [0.4, 0.5) is 5.95 Å². The van der Waals surface area contributed by atoms with Crippen LogP contribution in [0.5, 0.6) is 11.5 Å². The molecule has 0 spiro atoms. The Morgan fingerprint density at radius 3 is 2.47 bits per heavy atom. The van der Waals surface area contributed by atoms with E-state index in [2.05, 4.69) is 16.1 Å². The van der Waals surface area contributed by atoms with Crippen molar-refractivity contribution in [1.29, 1.82) is 0 Å². The molecule has 0 radical (unpaired) electrons. The zero-order chi connectivity index (χ0) is 20.7. The molecule has 1 aliphatic carbocycles. The minimum Gasteiger partial charge on any atom is -0.497 e. The van der Waals surface area contributed by atoms with Crippen LogP contribution in [0, 0.1) is 5.92 Å². The maximum absolute atomic E-state index is 13.3. The van der Waals surface area contributed by atoms with E-state index in [0.29, 0.717) is 12.4 Å². The van der Waals surface area contributed by atoms with Crippen LogP contribution >= 0.6 is 0 Å². The molecule has 1 aromatic heterocycles. The summed E-state index contributed by atoms with van der Waals surface area (Å²) in [6.07, 6.45) is 4.09. The summed E-state index contributed by atoms with van der Waals surface area (Å²) in [5.74, 6) is 2.40. The molecule has 2 aliphatic rings. The lowest BCUT2D eigenvalue weighted by Crippen LogP contribution is -2.43. The van der Waals surface area contributed by atoms with Gasteiger partial charge < -0.3 is 9.47 Å². The fourth-order valence-electron chi connectivity index (χ4n) is 4.28. The topological polar surface area (TPSA) is 69.5 Å². The van der Waals surface area contributed by atoms with Gasteiger partial charge >= 0.3 is 0 Å². The Labute approximate surface area is 175 Å². The van der Waals surface area contributed by atoms with E-state index < -0.39 is 0 Å². The van der Waals surface area contributed by atoms with Gasteiger partial charge in [-0.1, -0.05) is 30.3 Å². The van der Waals surface area contributed by atoms with Crippen molar-refractivity contribution < 1.29 is 14.3 Å². The highest BCUT2D eigenvalue weighted by Crippen LogP contribution is 2.46. The smallest absolute Gasteiger partial charge is 0.233 e. The maximum atomic E-state index is 13.3. The van der Waals surface area contributed by atoms with Crippen LogP contribution in [0.25, 0.3) is 0 Å². The molecule has 2 aromatic carbocycles. The standard InChI is InChI=1S/C23H24N4O3/c1-29-17-11-9-15(10-12-17)19-13-20(18-5-3-4-6-21(18)30-2)27-23(24-14-25-27)26(19)22(28)16-7-8-16/h3-6,9-12,14,16,19-20H,7-8,13H2,1-2H3/t19-,20+/m1/s1. The van der Waals surface area contributed by atoms with E-state index in [4.69, 9.17) is 9.47 Å². The van der Waals surface area contributed by atoms with E-state index in [-0.39, 0.29) is 23.9 Å². The van der Waals surface area contributed by atoms with Crippen molar-refractivity contribution in [2.45, 2.75) is 31.3 Å². The van der Waals surface area contributed by atoms with Gasteiger partial charge in [0.05, 0.1) is 26.3 Å². The SMILES string of the molecule is COc1ccc([C@H]2C[C@@H](c3ccccc3OC)n3ncnc3N2C(=O)C2CC2)cc1. The zero-order valence-electron chi connectivity index (χ0n) is 17.1. The van der Waals surface area contributed by atoms with E-state index in [1.54, 1.807) is 14.2 Å². The highest BCUT2D eigenvalue weighted by molar-refractivity contribution is 5.96. The van der Waals surface area contributed by atoms with Crippen molar-refractivity contribution >= 4 is 11.9 Å². The second-order valence-electron chi connectivity index (χ2n) is 7.77. The van der Waals surface area contributed by atoms with Gasteiger partial charge in [0.1, 0.15) is 17.8 Å². The lowest BCUT2D eigenvalue weighted by molar-refractivity contribution is -0.120. The highest BCUT2D eigenvalue weighted by Gasteiger charge is 2.44. The minimum absolute atomic E-state index is 0.0821. The number of carbonyl (C=O) groups is 1. The van der Waals surface area contributed by atoms with E-state index in [1.165, 1.54) is 6.33 Å². The van der Waals surface area contributed by atoms with Gasteiger partial charge in [0.15, 0.2) is 0 Å². The molecule has 0 N–H and O–H groups in total. The van der Waals surface area contributed by atoms with Crippen LogP contribution < -0.4 is 14.4 Å². The Morgan fingerprint density at radius 2 is 1.77 bits per heavy atom. The van der Waals surface area contributed by atoms with Gasteiger partial charge in [-0.25, -0.2) is 4.68 Å². The van der Waals surface area contributed by atoms with Crippen molar-refractivity contribution in [1.82, 2.24) is 14.8 Å². The number of nitrogens with zero attached hydrogens (tertiary/aromatic N) is 4. The highest BCUT2D eigenvalue weighted by atomic mass is 16.5. The number of fused-ring (bicyclic) bond motifs is 1. The molecule has 1 aliphatic heterocycles. The Balaban J connectivity index is 1.63. The molecule has 0 saturated heterocycles. The predicted octanol–water partition coefficient (Wildman–Crippen LogP) is 3.77. The zero-order valence-corrected chi connectivity index (χ0v) is 17.1. The van der Waals surface area contributed by atoms with Crippen molar-refractivity contribution in [2.75, 3.05) is 19.1 Å². The van der Waals surface area contributed by atoms with Crippen molar-refractivity contribution in [2.24, 2.45) is 5.92 Å². The van der Waals surface area contributed by atoms with Gasteiger partial charge in [0.2, 0.25) is 11.9 Å². The number of methoxy groups -OCH3 is 2. The van der Waals surface area contributed by atoms with Crippen molar-refractivity contribution in [3.63, 3.8) is 0 Å². The third kappa shape index (κ3) is 3.10. The first-order valence-corrected chi connectivity index (χ1v) is 10.2. The number of benzene rings is 2. The van der Waals surface area contributed by atoms with Crippen LogP contribution in [0.1, 0.15) is 42.5 Å². The lowest BCUT2D eigenvalue weighted by Gasteiger charge is -2.39. The largest absolute Gasteiger partial charge is 0.497 e. The Kier molecular flexibility index (Phi) is 4.65. The summed E-state index contributed by atoms with van der Waals surface area (Å²) in [4.78, 5) is 19.6. The quantitative estimate of drug-likeness (QED) is 0.647. The molecule has 1 saturated carbocycles. The van der Waals surface area contributed by atoms with Crippen molar-refractivity contribution in [3.8, 4) is 11.5 Å². The van der Waals surface area contributed by atoms with Crippen LogP contribution in [0.3, 0.4) is 0 Å². The molecule has 1 amide bonds. The normalized spacial score (nSPS) is 20.5. The summed E-state index contributed by atoms with van der Waals surface area (Å²) in [5, 5.41) is 4.49. The number of hydrogen-bond donors (Lipinski definition) is 0. The molecule has 5 rings (SSSR count). The molecule has 2 atom stereocenters. The van der Waals surface area contributed by atoms with E-state index in [9.17, 15) is 4.79 Å². The maximum Gasteiger partial charge on any atom is 0.233 e. The molecule has 30 heavy (non-hydrogen) atoms. The molecule has 154 valence electrons. The van der Waals surface area contributed by atoms with Crippen LogP contribution in [0.2, 0.25) is 0 Å². The van der Waals surface area contributed by atoms with Gasteiger partial charge in [-0.05, 0) is 43.0 Å². The van der Waals surface area contributed by atoms with Gasteiger partial charge in [0.25, 0.3) is 0 Å². The summed E-state index contributed by atoms with van der Waals surface area (Å²) in [6, 6.07) is 15.7. The number of ether oxygens (including phenoxy) is 2. The molecule has 3 aromatic rings. The molecule has 7 heteroatoms. The third-order valence-corrected chi connectivity index (χ3v) is 5.99. The van der Waals surface area contributed by atoms with E-state index in [1.807, 2.05) is 52.0 Å². The molecule has 2 heterocycles. The summed E-state index contributed by atoms with van der Waals surface area (Å²) < 4.78 is 12.8. The Morgan fingerprint density at radius 1 is 1.00 bits per heavy atom. The summed E-state index contributed by atoms with van der Waals surface area (Å²) in [5.41, 5.74) is 2.09. The van der Waals surface area contributed by atoms with E-state index in [0.717, 1.165) is 35.5 Å². The molecule has 0 bridgehead atoms. The molecule has 0 unspecified atom stereocenters. The summed E-state index contributed by atoms with van der Waals surface area (Å²) in [7, 11) is 3.33. The summed E-state index contributed by atoms with van der Waals surface area (Å²) >= 11 is 0. The number of carbonyl (C=O) groups excluding carboxylic acids is 1. The number of rotatable bonds is 5. The minimum atomic E-state index is -0.143. The number of anilines is 1. The number of aromatic nitrogens is 3. The molecular formula is C23H24N4O3. The first-order valence-electron chi connectivity index (χ1n) is 10.2. The van der Waals surface area contributed by atoms with Gasteiger partial charge in [-0.15, -0.1) is 0 Å². The number of amides is 1. The van der Waals surface area contributed by atoms with Gasteiger partial charge in [-0.2, -0.15) is 10.1 Å². The Bertz CT molecular complexity index is 1060. The monoisotopic (exact) mass is 404 g/mol. The average molecular weight is 404 g/mol. The number of hydrogen-bond acceptors (Lipinski definition) is 5. The van der Waals surface area contributed by atoms with Gasteiger partial charge in [0, 0.05) is 11.5 Å². The number of para-hydroxylation sites is 1. The fraction of sp³-hybridized carbons (Fsp3) is 0.348. The van der Waals surface area contributed by atoms with E-state index >= 15 is 0 Å². The fourth-order valence-corrected chi connectivity index (χ4v) is 4.28. The van der Waals surface area contributed by atoms with Crippen LogP contribution in [-0.2, 0) is 4.79 Å². The second kappa shape index (κ2) is 7.48. The molecular weight excluding hydrogens is 380 g/mol. The molecule has 7 nitrogen and oxygen atoms in total. The first-order chi connectivity index (χ1) is 14.7. The Hall–Kier alpha value is -3.35. The summed E-state index contributed by atoms with van der Waals surface area (Å²) in [6.45, 7) is 0.